The maximum absolute atomic E-state index is 13.5. The highest BCUT2D eigenvalue weighted by molar-refractivity contribution is 7.91. The molecular formula is C20H12ClN3O2S. The Labute approximate surface area is 160 Å². The molecular weight excluding hydrogens is 382 g/mol. The van der Waals surface area contributed by atoms with Crippen LogP contribution in [-0.2, 0) is 9.84 Å². The Balaban J connectivity index is 2.09. The predicted molar refractivity (Wildman–Crippen MR) is 103 cm³/mol. The molecule has 0 unspecified atom stereocenters. The number of aromatic nitrogens is 2. The molecule has 4 rings (SSSR count). The van der Waals surface area contributed by atoms with Crippen molar-refractivity contribution >= 4 is 32.5 Å². The molecule has 0 saturated heterocycles. The van der Waals surface area contributed by atoms with Crippen molar-refractivity contribution in [2.75, 3.05) is 0 Å². The molecule has 0 radical (unpaired) electrons. The van der Waals surface area contributed by atoms with E-state index in [0.717, 1.165) is 0 Å². The van der Waals surface area contributed by atoms with Crippen molar-refractivity contribution < 1.29 is 8.42 Å². The van der Waals surface area contributed by atoms with Crippen LogP contribution in [0.4, 0.5) is 0 Å². The maximum Gasteiger partial charge on any atom is 0.209 e. The normalized spacial score (nSPS) is 11.4. The Morgan fingerprint density at radius 2 is 1.70 bits per heavy atom. The first-order valence-corrected chi connectivity index (χ1v) is 9.86. The van der Waals surface area contributed by atoms with E-state index >= 15 is 0 Å². The van der Waals surface area contributed by atoms with E-state index < -0.39 is 9.84 Å². The van der Waals surface area contributed by atoms with Crippen molar-refractivity contribution in [2.24, 2.45) is 0 Å². The van der Waals surface area contributed by atoms with Crippen LogP contribution < -0.4 is 0 Å². The molecule has 132 valence electrons. The summed E-state index contributed by atoms with van der Waals surface area (Å²) in [5, 5.41) is 9.09. The summed E-state index contributed by atoms with van der Waals surface area (Å²) in [5.41, 5.74) is 2.20. The molecule has 0 amide bonds. The molecule has 0 bridgehead atoms. The SMILES string of the molecule is N#Cc1ccc(-c2c(Cl)nc3cc[nH]c3c2S(=O)(=O)c2ccccc2)cc1. The highest BCUT2D eigenvalue weighted by Gasteiger charge is 2.28. The number of aromatic amines is 1. The molecule has 0 saturated carbocycles. The monoisotopic (exact) mass is 393 g/mol. The molecule has 0 spiro atoms. The van der Waals surface area contributed by atoms with Crippen LogP contribution in [0.2, 0.25) is 5.15 Å². The molecule has 0 aliphatic rings. The van der Waals surface area contributed by atoms with Crippen molar-refractivity contribution in [3.63, 3.8) is 0 Å². The summed E-state index contributed by atoms with van der Waals surface area (Å²) in [6.45, 7) is 0. The van der Waals surface area contributed by atoms with E-state index in [0.29, 0.717) is 27.7 Å². The average molecular weight is 394 g/mol. The average Bonchev–Trinajstić information content (AvgIpc) is 3.15. The van der Waals surface area contributed by atoms with Gasteiger partial charge >= 0.3 is 0 Å². The second kappa shape index (κ2) is 6.54. The largest absolute Gasteiger partial charge is 0.359 e. The Morgan fingerprint density at radius 1 is 1.00 bits per heavy atom. The van der Waals surface area contributed by atoms with Gasteiger partial charge in [-0.2, -0.15) is 5.26 Å². The Hall–Kier alpha value is -3.14. The molecule has 0 fully saturated rings. The summed E-state index contributed by atoms with van der Waals surface area (Å²) in [6.07, 6.45) is 1.63. The maximum atomic E-state index is 13.5. The number of benzene rings is 2. The van der Waals surface area contributed by atoms with Gasteiger partial charge in [0.15, 0.2) is 0 Å². The van der Waals surface area contributed by atoms with E-state index in [-0.39, 0.29) is 14.9 Å². The lowest BCUT2D eigenvalue weighted by Gasteiger charge is -2.14. The lowest BCUT2D eigenvalue weighted by atomic mass is 10.1. The lowest BCUT2D eigenvalue weighted by molar-refractivity contribution is 0.597. The minimum absolute atomic E-state index is 0.0680. The number of fused-ring (bicyclic) bond motifs is 1. The Morgan fingerprint density at radius 3 is 2.37 bits per heavy atom. The van der Waals surface area contributed by atoms with Gasteiger partial charge in [0, 0.05) is 11.8 Å². The number of sulfone groups is 1. The second-order valence-corrected chi connectivity index (χ2v) is 8.09. The van der Waals surface area contributed by atoms with Crippen LogP contribution in [0.5, 0.6) is 0 Å². The van der Waals surface area contributed by atoms with E-state index in [9.17, 15) is 8.42 Å². The van der Waals surface area contributed by atoms with E-state index in [4.69, 9.17) is 16.9 Å². The standard InChI is InChI=1S/C20H12ClN3O2S/c21-20-17(14-8-6-13(12-22)7-9-14)19(18-16(24-20)10-11-23-18)27(25,26)15-4-2-1-3-5-15/h1-11,23H. The molecule has 0 aliphatic carbocycles. The fraction of sp³-hybridized carbons (Fsp3) is 0. The number of H-pyrrole nitrogens is 1. The first kappa shape index (κ1) is 17.3. The number of nitrogens with zero attached hydrogens (tertiary/aromatic N) is 2. The third-order valence-electron chi connectivity index (χ3n) is 4.23. The number of hydrogen-bond acceptors (Lipinski definition) is 4. The third kappa shape index (κ3) is 2.87. The number of pyridine rings is 1. The fourth-order valence-corrected chi connectivity index (χ4v) is 4.98. The van der Waals surface area contributed by atoms with Crippen LogP contribution in [0.1, 0.15) is 5.56 Å². The predicted octanol–water partition coefficient (Wildman–Crippen LogP) is 4.59. The molecule has 2 aromatic carbocycles. The highest BCUT2D eigenvalue weighted by atomic mass is 35.5. The van der Waals surface area contributed by atoms with E-state index in [1.54, 1.807) is 66.9 Å². The molecule has 0 aliphatic heterocycles. The lowest BCUT2D eigenvalue weighted by Crippen LogP contribution is -2.06. The number of hydrogen-bond donors (Lipinski definition) is 1. The Kier molecular flexibility index (Phi) is 4.19. The molecule has 0 atom stereocenters. The summed E-state index contributed by atoms with van der Waals surface area (Å²) in [6, 6.07) is 18.5. The molecule has 27 heavy (non-hydrogen) atoms. The summed E-state index contributed by atoms with van der Waals surface area (Å²) in [7, 11) is -3.87. The second-order valence-electron chi connectivity index (χ2n) is 5.85. The number of rotatable bonds is 3. The van der Waals surface area contributed by atoms with Crippen LogP contribution in [-0.4, -0.2) is 18.4 Å². The number of halogens is 1. The van der Waals surface area contributed by atoms with Gasteiger partial charge in [0.05, 0.1) is 27.6 Å². The van der Waals surface area contributed by atoms with Crippen molar-refractivity contribution in [3.05, 3.63) is 77.6 Å². The van der Waals surface area contributed by atoms with Gasteiger partial charge in [-0.1, -0.05) is 41.9 Å². The zero-order valence-corrected chi connectivity index (χ0v) is 15.4. The van der Waals surface area contributed by atoms with Crippen molar-refractivity contribution in [3.8, 4) is 17.2 Å². The molecule has 4 aromatic rings. The minimum atomic E-state index is -3.87. The third-order valence-corrected chi connectivity index (χ3v) is 6.34. The summed E-state index contributed by atoms with van der Waals surface area (Å²) >= 11 is 6.41. The van der Waals surface area contributed by atoms with Crippen molar-refractivity contribution in [1.29, 1.82) is 5.26 Å². The number of nitrogens with one attached hydrogen (secondary N) is 1. The van der Waals surface area contributed by atoms with Crippen LogP contribution >= 0.6 is 11.6 Å². The minimum Gasteiger partial charge on any atom is -0.359 e. The fourth-order valence-electron chi connectivity index (χ4n) is 2.96. The molecule has 2 heterocycles. The van der Waals surface area contributed by atoms with Crippen LogP contribution in [0.25, 0.3) is 22.2 Å². The van der Waals surface area contributed by atoms with Gasteiger partial charge in [-0.05, 0) is 35.9 Å². The smallest absolute Gasteiger partial charge is 0.209 e. The van der Waals surface area contributed by atoms with Gasteiger partial charge in [0.2, 0.25) is 9.84 Å². The Bertz CT molecular complexity index is 1290. The molecule has 1 N–H and O–H groups in total. The van der Waals surface area contributed by atoms with Crippen LogP contribution in [0.3, 0.4) is 0 Å². The molecule has 7 heteroatoms. The summed E-state index contributed by atoms with van der Waals surface area (Å²) in [5.74, 6) is 0. The van der Waals surface area contributed by atoms with Crippen molar-refractivity contribution in [1.82, 2.24) is 9.97 Å². The van der Waals surface area contributed by atoms with E-state index in [1.165, 1.54) is 0 Å². The zero-order valence-electron chi connectivity index (χ0n) is 13.8. The summed E-state index contributed by atoms with van der Waals surface area (Å²) < 4.78 is 26.9. The first-order valence-electron chi connectivity index (χ1n) is 7.99. The van der Waals surface area contributed by atoms with Gasteiger partial charge < -0.3 is 4.98 Å². The van der Waals surface area contributed by atoms with Crippen LogP contribution in [0, 0.1) is 11.3 Å². The van der Waals surface area contributed by atoms with Gasteiger partial charge in [0.1, 0.15) is 10.0 Å². The van der Waals surface area contributed by atoms with E-state index in [2.05, 4.69) is 9.97 Å². The topological polar surface area (TPSA) is 86.6 Å². The molecule has 5 nitrogen and oxygen atoms in total. The van der Waals surface area contributed by atoms with Gasteiger partial charge in [0.25, 0.3) is 0 Å². The van der Waals surface area contributed by atoms with E-state index in [1.807, 2.05) is 6.07 Å². The molecule has 2 aromatic heterocycles. The number of nitriles is 1. The summed E-state index contributed by atoms with van der Waals surface area (Å²) in [4.78, 5) is 7.53. The van der Waals surface area contributed by atoms with Gasteiger partial charge in [-0.3, -0.25) is 0 Å². The van der Waals surface area contributed by atoms with Gasteiger partial charge in [-0.15, -0.1) is 0 Å². The quantitative estimate of drug-likeness (QED) is 0.516. The highest BCUT2D eigenvalue weighted by Crippen LogP contribution is 2.39. The van der Waals surface area contributed by atoms with Crippen molar-refractivity contribution in [2.45, 2.75) is 9.79 Å². The van der Waals surface area contributed by atoms with Gasteiger partial charge in [-0.25, -0.2) is 13.4 Å². The first-order chi connectivity index (χ1) is 13.0. The zero-order chi connectivity index (χ0) is 19.0. The van der Waals surface area contributed by atoms with Crippen LogP contribution in [0.15, 0.2) is 76.7 Å².